The molecule has 0 amide bonds. The van der Waals surface area contributed by atoms with Gasteiger partial charge in [0.1, 0.15) is 0 Å². The van der Waals surface area contributed by atoms with Crippen LogP contribution in [0.1, 0.15) is 12.5 Å². The predicted octanol–water partition coefficient (Wildman–Crippen LogP) is 2.79. The maximum Gasteiger partial charge on any atom is 0.194 e. The Bertz CT molecular complexity index is 874. The molecule has 2 heterocycles. The van der Waals surface area contributed by atoms with E-state index in [1.54, 1.807) is 0 Å². The third-order valence-electron chi connectivity index (χ3n) is 6.71. The van der Waals surface area contributed by atoms with Crippen molar-refractivity contribution in [2.75, 3.05) is 73.0 Å². The number of guanidine groups is 1. The summed E-state index contributed by atoms with van der Waals surface area (Å²) >= 11 is 0. The molecule has 0 aliphatic carbocycles. The average molecular weight is 551 g/mol. The van der Waals surface area contributed by atoms with Crippen LogP contribution in [0.4, 0.5) is 0 Å². The van der Waals surface area contributed by atoms with Crippen molar-refractivity contribution in [3.8, 4) is 0 Å². The molecule has 0 radical (unpaired) electrons. The van der Waals surface area contributed by atoms with Gasteiger partial charge >= 0.3 is 0 Å². The fourth-order valence-electron chi connectivity index (χ4n) is 4.71. The van der Waals surface area contributed by atoms with Crippen molar-refractivity contribution in [1.29, 1.82) is 0 Å². The van der Waals surface area contributed by atoms with E-state index in [1.807, 2.05) is 0 Å². The van der Waals surface area contributed by atoms with Crippen LogP contribution in [0.2, 0.25) is 0 Å². The Morgan fingerprint density at radius 1 is 0.969 bits per heavy atom. The molecule has 32 heavy (non-hydrogen) atoms. The summed E-state index contributed by atoms with van der Waals surface area (Å²) < 4.78 is 0. The summed E-state index contributed by atoms with van der Waals surface area (Å²) in [6.45, 7) is 12.5. The molecule has 1 unspecified atom stereocenters. The van der Waals surface area contributed by atoms with Gasteiger partial charge in [-0.25, -0.2) is 0 Å². The molecule has 0 spiro atoms. The van der Waals surface area contributed by atoms with E-state index >= 15 is 0 Å². The van der Waals surface area contributed by atoms with Crippen LogP contribution in [0.15, 0.2) is 47.5 Å². The maximum atomic E-state index is 5.04. The average Bonchev–Trinajstić information content (AvgIpc) is 2.79. The van der Waals surface area contributed by atoms with Crippen molar-refractivity contribution in [2.24, 2.45) is 4.99 Å². The summed E-state index contributed by atoms with van der Waals surface area (Å²) in [6, 6.07) is 15.9. The van der Waals surface area contributed by atoms with Crippen LogP contribution in [-0.4, -0.2) is 105 Å². The van der Waals surface area contributed by atoms with Gasteiger partial charge in [-0.3, -0.25) is 14.8 Å². The molecule has 7 heteroatoms. The lowest BCUT2D eigenvalue weighted by Gasteiger charge is -2.38. The molecule has 0 bridgehead atoms. The van der Waals surface area contributed by atoms with E-state index in [4.69, 9.17) is 4.99 Å². The standard InChI is InChI=1S/C25H38N6.HI/c1-4-26-25(27-18-23-20-28(2)12-13-29(23)3)31-16-14-30(15-17-31)19-22-10-7-9-21-8-5-6-11-24(21)22;/h5-11,23H,4,12-20H2,1-3H3,(H,26,27);1H. The summed E-state index contributed by atoms with van der Waals surface area (Å²) in [5.41, 5.74) is 1.43. The molecule has 2 aliphatic heterocycles. The van der Waals surface area contributed by atoms with Crippen molar-refractivity contribution in [2.45, 2.75) is 19.5 Å². The number of nitrogens with zero attached hydrogens (tertiary/aromatic N) is 5. The number of rotatable bonds is 5. The van der Waals surface area contributed by atoms with Gasteiger partial charge in [0.2, 0.25) is 0 Å². The molecule has 176 valence electrons. The summed E-state index contributed by atoms with van der Waals surface area (Å²) in [4.78, 5) is 14.9. The van der Waals surface area contributed by atoms with Crippen molar-refractivity contribution in [3.63, 3.8) is 0 Å². The number of nitrogens with one attached hydrogen (secondary N) is 1. The first-order valence-corrected chi connectivity index (χ1v) is 11.7. The second-order valence-corrected chi connectivity index (χ2v) is 8.99. The Kier molecular flexibility index (Phi) is 9.58. The highest BCUT2D eigenvalue weighted by molar-refractivity contribution is 14.0. The van der Waals surface area contributed by atoms with Crippen LogP contribution in [0.3, 0.4) is 0 Å². The zero-order chi connectivity index (χ0) is 21.6. The molecule has 2 aliphatic rings. The molecule has 1 N–H and O–H groups in total. The van der Waals surface area contributed by atoms with Crippen LogP contribution in [0.5, 0.6) is 0 Å². The number of benzene rings is 2. The minimum Gasteiger partial charge on any atom is -0.357 e. The van der Waals surface area contributed by atoms with Gasteiger partial charge in [-0.1, -0.05) is 42.5 Å². The molecule has 4 rings (SSSR count). The molecule has 6 nitrogen and oxygen atoms in total. The maximum absolute atomic E-state index is 5.04. The van der Waals surface area contributed by atoms with Gasteiger partial charge in [-0.2, -0.15) is 0 Å². The Labute approximate surface area is 210 Å². The number of piperazine rings is 2. The van der Waals surface area contributed by atoms with E-state index < -0.39 is 0 Å². The highest BCUT2D eigenvalue weighted by atomic mass is 127. The lowest BCUT2D eigenvalue weighted by Crippen LogP contribution is -2.54. The van der Waals surface area contributed by atoms with E-state index in [9.17, 15) is 0 Å². The number of likely N-dealkylation sites (N-methyl/N-ethyl adjacent to an activating group) is 2. The van der Waals surface area contributed by atoms with E-state index in [0.717, 1.165) is 71.4 Å². The zero-order valence-electron chi connectivity index (χ0n) is 19.8. The first-order chi connectivity index (χ1) is 15.1. The first kappa shape index (κ1) is 25.2. The van der Waals surface area contributed by atoms with Crippen molar-refractivity contribution >= 4 is 40.7 Å². The third kappa shape index (κ3) is 6.34. The smallest absolute Gasteiger partial charge is 0.194 e. The summed E-state index contributed by atoms with van der Waals surface area (Å²) in [6.07, 6.45) is 0. The van der Waals surface area contributed by atoms with E-state index in [0.29, 0.717) is 6.04 Å². The highest BCUT2D eigenvalue weighted by Crippen LogP contribution is 2.20. The van der Waals surface area contributed by atoms with Gasteiger partial charge in [0.05, 0.1) is 6.54 Å². The highest BCUT2D eigenvalue weighted by Gasteiger charge is 2.24. The van der Waals surface area contributed by atoms with Gasteiger partial charge < -0.3 is 15.1 Å². The third-order valence-corrected chi connectivity index (χ3v) is 6.71. The van der Waals surface area contributed by atoms with Gasteiger partial charge in [-0.15, -0.1) is 24.0 Å². The Balaban J connectivity index is 0.00000289. The number of fused-ring (bicyclic) bond motifs is 1. The lowest BCUT2D eigenvalue weighted by molar-refractivity contribution is 0.119. The largest absolute Gasteiger partial charge is 0.357 e. The first-order valence-electron chi connectivity index (χ1n) is 11.7. The fourth-order valence-corrected chi connectivity index (χ4v) is 4.71. The topological polar surface area (TPSA) is 37.4 Å². The van der Waals surface area contributed by atoms with Crippen molar-refractivity contribution in [1.82, 2.24) is 24.9 Å². The number of hydrogen-bond donors (Lipinski definition) is 1. The quantitative estimate of drug-likeness (QED) is 0.352. The van der Waals surface area contributed by atoms with Crippen molar-refractivity contribution in [3.05, 3.63) is 48.0 Å². The Morgan fingerprint density at radius 2 is 1.72 bits per heavy atom. The lowest BCUT2D eigenvalue weighted by atomic mass is 10.0. The summed E-state index contributed by atoms with van der Waals surface area (Å²) in [7, 11) is 4.44. The second kappa shape index (κ2) is 12.2. The second-order valence-electron chi connectivity index (χ2n) is 8.99. The van der Waals surface area contributed by atoms with Crippen LogP contribution in [0, 0.1) is 0 Å². The molecule has 1 atom stereocenters. The summed E-state index contributed by atoms with van der Waals surface area (Å²) in [5, 5.41) is 6.24. The molecule has 2 fully saturated rings. The van der Waals surface area contributed by atoms with Crippen LogP contribution < -0.4 is 5.32 Å². The fraction of sp³-hybridized carbons (Fsp3) is 0.560. The SMILES string of the molecule is CCNC(=NCC1CN(C)CCN1C)N1CCN(Cc2cccc3ccccc23)CC1.I. The van der Waals surface area contributed by atoms with Crippen molar-refractivity contribution < 1.29 is 0 Å². The van der Waals surface area contributed by atoms with Gasteiger partial charge in [-0.05, 0) is 37.4 Å². The molecular formula is C25H39IN6. The molecule has 0 aromatic heterocycles. The normalized spacial score (nSPS) is 21.5. The van der Waals surface area contributed by atoms with Crippen LogP contribution in [0.25, 0.3) is 10.8 Å². The molecule has 2 aromatic rings. The number of hydrogen-bond acceptors (Lipinski definition) is 4. The Morgan fingerprint density at radius 3 is 2.50 bits per heavy atom. The molecule has 0 saturated carbocycles. The minimum absolute atomic E-state index is 0. The number of halogens is 1. The Hall–Kier alpha value is -1.42. The van der Waals surface area contributed by atoms with Crippen LogP contribution in [-0.2, 0) is 6.54 Å². The molecule has 2 aromatic carbocycles. The van der Waals surface area contributed by atoms with Gasteiger partial charge in [0.15, 0.2) is 5.96 Å². The molecular weight excluding hydrogens is 511 g/mol. The molecule has 2 saturated heterocycles. The zero-order valence-corrected chi connectivity index (χ0v) is 22.2. The van der Waals surface area contributed by atoms with E-state index in [1.165, 1.54) is 16.3 Å². The summed E-state index contributed by atoms with van der Waals surface area (Å²) in [5.74, 6) is 1.08. The van der Waals surface area contributed by atoms with Gasteiger partial charge in [0, 0.05) is 64.9 Å². The van der Waals surface area contributed by atoms with E-state index in [-0.39, 0.29) is 24.0 Å². The van der Waals surface area contributed by atoms with Crippen LogP contribution >= 0.6 is 24.0 Å². The number of aliphatic imine (C=N–C) groups is 1. The monoisotopic (exact) mass is 550 g/mol. The minimum atomic E-state index is 0. The van der Waals surface area contributed by atoms with E-state index in [2.05, 4.69) is 88.4 Å². The van der Waals surface area contributed by atoms with Gasteiger partial charge in [0.25, 0.3) is 0 Å². The predicted molar refractivity (Wildman–Crippen MR) is 146 cm³/mol.